The van der Waals surface area contributed by atoms with Gasteiger partial charge in [-0.25, -0.2) is 8.42 Å². The Balaban J connectivity index is 2.74. The van der Waals surface area contributed by atoms with E-state index in [1.165, 1.54) is 18.3 Å². The van der Waals surface area contributed by atoms with Crippen molar-refractivity contribution in [3.05, 3.63) is 30.5 Å². The second-order valence-electron chi connectivity index (χ2n) is 3.28. The first-order chi connectivity index (χ1) is 8.39. The molecule has 2 rings (SSSR count). The minimum Gasteiger partial charge on any atom is -0.434 e. The summed E-state index contributed by atoms with van der Waals surface area (Å²) in [6.45, 7) is -3.01. The quantitative estimate of drug-likeness (QED) is 0.817. The van der Waals surface area contributed by atoms with E-state index < -0.39 is 15.7 Å². The van der Waals surface area contributed by atoms with Gasteiger partial charge >= 0.3 is 6.61 Å². The molecule has 0 amide bonds. The Morgan fingerprint density at radius 2 is 2.00 bits per heavy atom. The number of hydrogen-bond donors (Lipinski definition) is 0. The molecule has 0 radical (unpaired) electrons. The van der Waals surface area contributed by atoms with Crippen LogP contribution in [0.2, 0.25) is 0 Å². The van der Waals surface area contributed by atoms with Gasteiger partial charge in [0, 0.05) is 22.3 Å². The van der Waals surface area contributed by atoms with Crippen LogP contribution in [0.4, 0.5) is 8.78 Å². The highest BCUT2D eigenvalue weighted by Gasteiger charge is 2.18. The number of benzene rings is 1. The Hall–Kier alpha value is -1.47. The monoisotopic (exact) mass is 293 g/mol. The van der Waals surface area contributed by atoms with Crippen molar-refractivity contribution >= 4 is 30.6 Å². The average Bonchev–Trinajstić information content (AvgIpc) is 2.27. The van der Waals surface area contributed by atoms with Gasteiger partial charge in [-0.1, -0.05) is 0 Å². The molecule has 0 unspecified atom stereocenters. The summed E-state index contributed by atoms with van der Waals surface area (Å²) in [6, 6.07) is 5.09. The van der Waals surface area contributed by atoms with Crippen LogP contribution in [0.1, 0.15) is 0 Å². The highest BCUT2D eigenvalue weighted by atomic mass is 35.7. The van der Waals surface area contributed by atoms with Gasteiger partial charge in [-0.05, 0) is 24.3 Å². The highest BCUT2D eigenvalue weighted by Crippen LogP contribution is 2.31. The summed E-state index contributed by atoms with van der Waals surface area (Å²) >= 11 is 0. The third-order valence-electron chi connectivity index (χ3n) is 2.17. The van der Waals surface area contributed by atoms with Crippen molar-refractivity contribution in [1.29, 1.82) is 0 Å². The first-order valence-electron chi connectivity index (χ1n) is 4.67. The SMILES string of the molecule is O=S(=O)(Cl)c1ccc(OC(F)F)c2cccnc12. The van der Waals surface area contributed by atoms with E-state index in [2.05, 4.69) is 9.72 Å². The van der Waals surface area contributed by atoms with Crippen molar-refractivity contribution in [2.45, 2.75) is 11.5 Å². The molecule has 1 aromatic heterocycles. The van der Waals surface area contributed by atoms with E-state index in [9.17, 15) is 17.2 Å². The third-order valence-corrected chi connectivity index (χ3v) is 3.52. The van der Waals surface area contributed by atoms with Crippen molar-refractivity contribution in [3.8, 4) is 5.75 Å². The molecule has 1 heterocycles. The van der Waals surface area contributed by atoms with E-state index >= 15 is 0 Å². The zero-order valence-electron chi connectivity index (χ0n) is 8.68. The molecule has 0 saturated carbocycles. The van der Waals surface area contributed by atoms with Crippen LogP contribution in [0.5, 0.6) is 5.75 Å². The Morgan fingerprint density at radius 3 is 2.61 bits per heavy atom. The van der Waals surface area contributed by atoms with Crippen LogP contribution in [0.15, 0.2) is 35.4 Å². The van der Waals surface area contributed by atoms with Gasteiger partial charge < -0.3 is 4.74 Å². The zero-order chi connectivity index (χ0) is 13.3. The summed E-state index contributed by atoms with van der Waals surface area (Å²) in [6.07, 6.45) is 1.33. The second-order valence-corrected chi connectivity index (χ2v) is 5.81. The molecule has 96 valence electrons. The molecule has 0 N–H and O–H groups in total. The number of alkyl halides is 2. The molecule has 1 aromatic carbocycles. The van der Waals surface area contributed by atoms with Gasteiger partial charge in [0.15, 0.2) is 0 Å². The Bertz CT molecular complexity index is 691. The third kappa shape index (κ3) is 2.51. The van der Waals surface area contributed by atoms with E-state index in [-0.39, 0.29) is 21.5 Å². The van der Waals surface area contributed by atoms with Crippen molar-refractivity contribution in [2.24, 2.45) is 0 Å². The highest BCUT2D eigenvalue weighted by molar-refractivity contribution is 8.14. The topological polar surface area (TPSA) is 56.3 Å². The Labute approximate surface area is 106 Å². The maximum atomic E-state index is 12.2. The van der Waals surface area contributed by atoms with Crippen LogP contribution < -0.4 is 4.74 Å². The van der Waals surface area contributed by atoms with Gasteiger partial charge in [0.25, 0.3) is 9.05 Å². The molecule has 0 spiro atoms. The molecule has 0 atom stereocenters. The Kier molecular flexibility index (Phi) is 3.36. The number of rotatable bonds is 3. The summed E-state index contributed by atoms with van der Waals surface area (Å²) in [7, 11) is 1.23. The van der Waals surface area contributed by atoms with E-state index in [0.29, 0.717) is 0 Å². The standard InChI is InChI=1S/C10H6ClF2NO3S/c11-18(15,16)8-4-3-7(17-10(12)13)6-2-1-5-14-9(6)8/h1-5,10H. The first-order valence-corrected chi connectivity index (χ1v) is 6.98. The molecule has 0 aliphatic rings. The van der Waals surface area contributed by atoms with Crippen molar-refractivity contribution in [1.82, 2.24) is 4.98 Å². The lowest BCUT2D eigenvalue weighted by Crippen LogP contribution is -2.03. The maximum absolute atomic E-state index is 12.2. The summed E-state index contributed by atoms with van der Waals surface area (Å²) in [5.41, 5.74) is -0.00866. The van der Waals surface area contributed by atoms with Gasteiger partial charge in [-0.2, -0.15) is 8.78 Å². The van der Waals surface area contributed by atoms with Crippen LogP contribution in [0.25, 0.3) is 10.9 Å². The molecule has 2 aromatic rings. The predicted molar refractivity (Wildman–Crippen MR) is 61.4 cm³/mol. The summed E-state index contributed by atoms with van der Waals surface area (Å²) < 4.78 is 51.3. The fourth-order valence-electron chi connectivity index (χ4n) is 1.52. The lowest BCUT2D eigenvalue weighted by atomic mass is 10.2. The summed E-state index contributed by atoms with van der Waals surface area (Å²) in [5.74, 6) is -0.155. The lowest BCUT2D eigenvalue weighted by Gasteiger charge is -2.09. The van der Waals surface area contributed by atoms with Crippen molar-refractivity contribution < 1.29 is 21.9 Å². The number of hydrogen-bond acceptors (Lipinski definition) is 4. The normalized spacial score (nSPS) is 12.0. The number of ether oxygens (including phenoxy) is 1. The van der Waals surface area contributed by atoms with Crippen LogP contribution >= 0.6 is 10.7 Å². The first kappa shape index (κ1) is 13.0. The molecule has 0 bridgehead atoms. The number of nitrogens with zero attached hydrogens (tertiary/aromatic N) is 1. The van der Waals surface area contributed by atoms with E-state index in [1.807, 2.05) is 0 Å². The number of aromatic nitrogens is 1. The van der Waals surface area contributed by atoms with Gasteiger partial charge in [0.05, 0.1) is 5.52 Å². The van der Waals surface area contributed by atoms with E-state index in [4.69, 9.17) is 10.7 Å². The van der Waals surface area contributed by atoms with Gasteiger partial charge in [-0.15, -0.1) is 0 Å². The smallest absolute Gasteiger partial charge is 0.387 e. The second kappa shape index (κ2) is 4.66. The molecule has 8 heteroatoms. The minimum absolute atomic E-state index is 0.00866. The predicted octanol–water partition coefficient (Wildman–Crippen LogP) is 2.76. The molecule has 18 heavy (non-hydrogen) atoms. The van der Waals surface area contributed by atoms with Crippen molar-refractivity contribution in [2.75, 3.05) is 0 Å². The average molecular weight is 294 g/mol. The molecular weight excluding hydrogens is 288 g/mol. The number of pyridine rings is 1. The number of fused-ring (bicyclic) bond motifs is 1. The molecule has 0 aliphatic carbocycles. The molecule has 0 fully saturated rings. The van der Waals surface area contributed by atoms with Crippen LogP contribution in [-0.4, -0.2) is 20.0 Å². The summed E-state index contributed by atoms with van der Waals surface area (Å²) in [4.78, 5) is 3.58. The van der Waals surface area contributed by atoms with Gasteiger partial charge in [0.1, 0.15) is 10.6 Å². The Morgan fingerprint density at radius 1 is 1.28 bits per heavy atom. The van der Waals surface area contributed by atoms with E-state index in [1.54, 1.807) is 0 Å². The molecule has 4 nitrogen and oxygen atoms in total. The largest absolute Gasteiger partial charge is 0.434 e. The van der Waals surface area contributed by atoms with Crippen molar-refractivity contribution in [3.63, 3.8) is 0 Å². The van der Waals surface area contributed by atoms with E-state index in [0.717, 1.165) is 12.1 Å². The fourth-order valence-corrected chi connectivity index (χ4v) is 2.51. The van der Waals surface area contributed by atoms with Crippen LogP contribution in [0, 0.1) is 0 Å². The maximum Gasteiger partial charge on any atom is 0.387 e. The fraction of sp³-hybridized carbons (Fsp3) is 0.100. The van der Waals surface area contributed by atoms with Crippen LogP contribution in [0.3, 0.4) is 0 Å². The van der Waals surface area contributed by atoms with Gasteiger partial charge in [-0.3, -0.25) is 4.98 Å². The molecule has 0 saturated heterocycles. The molecular formula is C10H6ClF2NO3S. The summed E-state index contributed by atoms with van der Waals surface area (Å²) in [5, 5.41) is 0.152. The zero-order valence-corrected chi connectivity index (χ0v) is 10.3. The molecule has 0 aliphatic heterocycles. The number of halogens is 3. The van der Waals surface area contributed by atoms with Crippen LogP contribution in [-0.2, 0) is 9.05 Å². The van der Waals surface area contributed by atoms with Gasteiger partial charge in [0.2, 0.25) is 0 Å². The minimum atomic E-state index is -4.01. The lowest BCUT2D eigenvalue weighted by molar-refractivity contribution is -0.0488.